The summed E-state index contributed by atoms with van der Waals surface area (Å²) in [6.45, 7) is 2.46. The van der Waals surface area contributed by atoms with E-state index in [0.717, 1.165) is 11.3 Å². The quantitative estimate of drug-likeness (QED) is 0.872. The first-order valence-corrected chi connectivity index (χ1v) is 6.25. The van der Waals surface area contributed by atoms with Crippen molar-refractivity contribution >= 4 is 11.6 Å². The van der Waals surface area contributed by atoms with Gasteiger partial charge >= 0.3 is 0 Å². The average Bonchev–Trinajstić information content (AvgIpc) is 2.90. The number of nitrogens with one attached hydrogen (secondary N) is 1. The van der Waals surface area contributed by atoms with E-state index < -0.39 is 6.10 Å². The Bertz CT molecular complexity index is 467. The van der Waals surface area contributed by atoms with Gasteiger partial charge in [-0.05, 0) is 36.8 Å². The molecule has 0 aliphatic rings. The molecule has 0 bridgehead atoms. The standard InChI is InChI=1S/C14H16ClNO2/c1-10(14-3-2-8-18-14)16-9-13(17)11-4-6-12(15)7-5-11/h2-8,10,13,16-17H,9H2,1H3/t10-,13?/m0/s1. The molecule has 2 N–H and O–H groups in total. The Hall–Kier alpha value is -1.29. The lowest BCUT2D eigenvalue weighted by Gasteiger charge is -2.16. The Labute approximate surface area is 111 Å². The molecule has 0 fully saturated rings. The highest BCUT2D eigenvalue weighted by Gasteiger charge is 2.11. The van der Waals surface area contributed by atoms with Gasteiger partial charge in [0.2, 0.25) is 0 Å². The van der Waals surface area contributed by atoms with Crippen molar-refractivity contribution in [1.29, 1.82) is 0 Å². The highest BCUT2D eigenvalue weighted by Crippen LogP contribution is 2.17. The van der Waals surface area contributed by atoms with Crippen molar-refractivity contribution in [2.24, 2.45) is 0 Å². The molecule has 0 spiro atoms. The van der Waals surface area contributed by atoms with Crippen molar-refractivity contribution in [3.63, 3.8) is 0 Å². The van der Waals surface area contributed by atoms with Crippen molar-refractivity contribution in [3.8, 4) is 0 Å². The highest BCUT2D eigenvalue weighted by molar-refractivity contribution is 6.30. The minimum Gasteiger partial charge on any atom is -0.468 e. The van der Waals surface area contributed by atoms with E-state index >= 15 is 0 Å². The predicted molar refractivity (Wildman–Crippen MR) is 71.5 cm³/mol. The summed E-state index contributed by atoms with van der Waals surface area (Å²) in [7, 11) is 0. The van der Waals surface area contributed by atoms with Crippen molar-refractivity contribution in [2.45, 2.75) is 19.1 Å². The molecule has 1 heterocycles. The van der Waals surface area contributed by atoms with E-state index in [1.54, 1.807) is 18.4 Å². The van der Waals surface area contributed by atoms with E-state index in [1.807, 2.05) is 31.2 Å². The highest BCUT2D eigenvalue weighted by atomic mass is 35.5. The lowest BCUT2D eigenvalue weighted by molar-refractivity contribution is 0.169. The van der Waals surface area contributed by atoms with Crippen LogP contribution in [0, 0.1) is 0 Å². The van der Waals surface area contributed by atoms with Crippen LogP contribution in [0.2, 0.25) is 5.02 Å². The molecule has 0 saturated heterocycles. The maximum atomic E-state index is 10.0. The largest absolute Gasteiger partial charge is 0.468 e. The van der Waals surface area contributed by atoms with Gasteiger partial charge in [0.15, 0.2) is 0 Å². The number of hydrogen-bond donors (Lipinski definition) is 2. The number of rotatable bonds is 5. The van der Waals surface area contributed by atoms with E-state index in [4.69, 9.17) is 16.0 Å². The lowest BCUT2D eigenvalue weighted by atomic mass is 10.1. The molecule has 0 radical (unpaired) electrons. The molecule has 2 rings (SSSR count). The molecule has 18 heavy (non-hydrogen) atoms. The summed E-state index contributed by atoms with van der Waals surface area (Å²) in [5.74, 6) is 0.860. The van der Waals surface area contributed by atoms with Crippen LogP contribution in [-0.4, -0.2) is 11.7 Å². The number of benzene rings is 1. The van der Waals surface area contributed by atoms with Crippen molar-refractivity contribution < 1.29 is 9.52 Å². The van der Waals surface area contributed by atoms with E-state index in [-0.39, 0.29) is 6.04 Å². The normalized spacial score (nSPS) is 14.4. The van der Waals surface area contributed by atoms with E-state index in [1.165, 1.54) is 0 Å². The zero-order valence-electron chi connectivity index (χ0n) is 10.1. The second kappa shape index (κ2) is 6.05. The molecule has 0 aliphatic carbocycles. The van der Waals surface area contributed by atoms with Crippen LogP contribution in [-0.2, 0) is 0 Å². The summed E-state index contributed by atoms with van der Waals surface area (Å²) in [6.07, 6.45) is 1.09. The predicted octanol–water partition coefficient (Wildman–Crippen LogP) is 3.32. The molecule has 1 unspecified atom stereocenters. The molecule has 1 aromatic carbocycles. The van der Waals surface area contributed by atoms with Crippen LogP contribution in [0.5, 0.6) is 0 Å². The van der Waals surface area contributed by atoms with Crippen LogP contribution in [0.4, 0.5) is 0 Å². The maximum Gasteiger partial charge on any atom is 0.120 e. The lowest BCUT2D eigenvalue weighted by Crippen LogP contribution is -2.24. The first-order chi connectivity index (χ1) is 8.66. The Morgan fingerprint density at radius 3 is 2.61 bits per heavy atom. The summed E-state index contributed by atoms with van der Waals surface area (Å²) in [6, 6.07) is 11.0. The number of halogens is 1. The van der Waals surface area contributed by atoms with Gasteiger partial charge in [0, 0.05) is 11.6 Å². The SMILES string of the molecule is C[C@H](NCC(O)c1ccc(Cl)cc1)c1ccco1. The van der Waals surface area contributed by atoms with Gasteiger partial charge in [0.1, 0.15) is 5.76 Å². The summed E-state index contributed by atoms with van der Waals surface area (Å²) in [5.41, 5.74) is 0.846. The average molecular weight is 266 g/mol. The fraction of sp³-hybridized carbons (Fsp3) is 0.286. The van der Waals surface area contributed by atoms with Gasteiger partial charge in [-0.25, -0.2) is 0 Å². The Morgan fingerprint density at radius 1 is 1.28 bits per heavy atom. The van der Waals surface area contributed by atoms with Gasteiger partial charge in [0.05, 0.1) is 18.4 Å². The minimum absolute atomic E-state index is 0.0713. The third kappa shape index (κ3) is 3.35. The third-order valence-electron chi connectivity index (χ3n) is 2.84. The molecule has 1 aromatic heterocycles. The molecule has 0 amide bonds. The van der Waals surface area contributed by atoms with E-state index in [2.05, 4.69) is 5.32 Å². The third-order valence-corrected chi connectivity index (χ3v) is 3.09. The molecule has 4 heteroatoms. The van der Waals surface area contributed by atoms with Crippen molar-refractivity contribution in [1.82, 2.24) is 5.32 Å². The summed E-state index contributed by atoms with van der Waals surface area (Å²) in [4.78, 5) is 0. The van der Waals surface area contributed by atoms with Crippen molar-refractivity contribution in [3.05, 3.63) is 59.0 Å². The molecule has 0 saturated carbocycles. The molecular formula is C14H16ClNO2. The molecule has 96 valence electrons. The smallest absolute Gasteiger partial charge is 0.120 e. The molecule has 0 aliphatic heterocycles. The first kappa shape index (κ1) is 13.1. The van der Waals surface area contributed by atoms with Crippen LogP contribution in [0.1, 0.15) is 30.4 Å². The van der Waals surface area contributed by atoms with Crippen molar-refractivity contribution in [2.75, 3.05) is 6.54 Å². The van der Waals surface area contributed by atoms with E-state index in [9.17, 15) is 5.11 Å². The zero-order chi connectivity index (χ0) is 13.0. The van der Waals surface area contributed by atoms with Gasteiger partial charge in [0.25, 0.3) is 0 Å². The Morgan fingerprint density at radius 2 is 2.00 bits per heavy atom. The van der Waals surface area contributed by atoms with Crippen LogP contribution in [0.3, 0.4) is 0 Å². The van der Waals surface area contributed by atoms with Gasteiger partial charge in [-0.2, -0.15) is 0 Å². The molecule has 3 nitrogen and oxygen atoms in total. The van der Waals surface area contributed by atoms with Gasteiger partial charge in [-0.1, -0.05) is 23.7 Å². The van der Waals surface area contributed by atoms with Crippen LogP contribution in [0.25, 0.3) is 0 Å². The molecular weight excluding hydrogens is 250 g/mol. The van der Waals surface area contributed by atoms with Crippen LogP contribution < -0.4 is 5.32 Å². The molecule has 2 atom stereocenters. The van der Waals surface area contributed by atoms with E-state index in [0.29, 0.717) is 11.6 Å². The van der Waals surface area contributed by atoms with Gasteiger partial charge < -0.3 is 14.8 Å². The fourth-order valence-electron chi connectivity index (χ4n) is 1.73. The Balaban J connectivity index is 1.88. The maximum absolute atomic E-state index is 10.0. The summed E-state index contributed by atoms with van der Waals surface area (Å²) in [5, 5.41) is 13.9. The second-order valence-electron chi connectivity index (χ2n) is 4.21. The number of aliphatic hydroxyl groups excluding tert-OH is 1. The topological polar surface area (TPSA) is 45.4 Å². The second-order valence-corrected chi connectivity index (χ2v) is 4.65. The first-order valence-electron chi connectivity index (χ1n) is 5.87. The Kier molecular flexibility index (Phi) is 4.42. The zero-order valence-corrected chi connectivity index (χ0v) is 10.9. The van der Waals surface area contributed by atoms with Gasteiger partial charge in [-0.15, -0.1) is 0 Å². The number of hydrogen-bond acceptors (Lipinski definition) is 3. The van der Waals surface area contributed by atoms with Gasteiger partial charge in [-0.3, -0.25) is 0 Å². The summed E-state index contributed by atoms with van der Waals surface area (Å²) >= 11 is 5.80. The van der Waals surface area contributed by atoms with Crippen LogP contribution >= 0.6 is 11.6 Å². The monoisotopic (exact) mass is 265 g/mol. The number of aliphatic hydroxyl groups is 1. The van der Waals surface area contributed by atoms with Crippen LogP contribution in [0.15, 0.2) is 47.1 Å². The summed E-state index contributed by atoms with van der Waals surface area (Å²) < 4.78 is 5.29. The minimum atomic E-state index is -0.556. The fourth-order valence-corrected chi connectivity index (χ4v) is 1.86. The number of furan rings is 1. The molecule has 2 aromatic rings.